The highest BCUT2D eigenvalue weighted by molar-refractivity contribution is 4.95. The summed E-state index contributed by atoms with van der Waals surface area (Å²) in [5.41, 5.74) is 0. The van der Waals surface area contributed by atoms with E-state index in [4.69, 9.17) is 0 Å². The number of hydrogen-bond donors (Lipinski definition) is 0. The Morgan fingerprint density at radius 2 is 1.10 bits per heavy atom. The molecule has 3 aliphatic rings. The van der Waals surface area contributed by atoms with Gasteiger partial charge in [0.15, 0.2) is 0 Å². The third kappa shape index (κ3) is 7.43. The van der Waals surface area contributed by atoms with Crippen LogP contribution in [-0.2, 0) is 0 Å². The summed E-state index contributed by atoms with van der Waals surface area (Å²) in [6, 6.07) is 0. The average Bonchev–Trinajstić information content (AvgIpc) is 2.77. The van der Waals surface area contributed by atoms with E-state index in [1.54, 1.807) is 38.5 Å². The highest BCUT2D eigenvalue weighted by Crippen LogP contribution is 2.46. The van der Waals surface area contributed by atoms with Gasteiger partial charge >= 0.3 is 0 Å². The fraction of sp³-hybridized carbons (Fsp3) is 0.931. The van der Waals surface area contributed by atoms with Gasteiger partial charge in [-0.25, -0.2) is 0 Å². The van der Waals surface area contributed by atoms with E-state index in [-0.39, 0.29) is 0 Å². The van der Waals surface area contributed by atoms with E-state index in [9.17, 15) is 0 Å². The fourth-order valence-corrected chi connectivity index (χ4v) is 7.14. The van der Waals surface area contributed by atoms with Gasteiger partial charge in [0.05, 0.1) is 0 Å². The quantitative estimate of drug-likeness (QED) is 0.338. The molecular weight excluding hydrogens is 348 g/mol. The summed E-state index contributed by atoms with van der Waals surface area (Å²) in [6.07, 6.45) is 30.6. The molecule has 0 radical (unpaired) electrons. The molecule has 0 saturated heterocycles. The Hall–Kier alpha value is -0.260. The summed E-state index contributed by atoms with van der Waals surface area (Å²) >= 11 is 0. The van der Waals surface area contributed by atoms with Crippen molar-refractivity contribution in [1.29, 1.82) is 0 Å². The van der Waals surface area contributed by atoms with Gasteiger partial charge in [0, 0.05) is 0 Å². The maximum atomic E-state index is 2.65. The Morgan fingerprint density at radius 3 is 1.59 bits per heavy atom. The highest BCUT2D eigenvalue weighted by Gasteiger charge is 2.33. The predicted octanol–water partition coefficient (Wildman–Crippen LogP) is 9.59. The molecule has 0 aromatic rings. The minimum Gasteiger partial charge on any atom is -0.0851 e. The largest absolute Gasteiger partial charge is 0.0851 e. The number of unbranched alkanes of at least 4 members (excludes halogenated alkanes) is 1. The van der Waals surface area contributed by atoms with Crippen LogP contribution in [0.2, 0.25) is 0 Å². The molecule has 1 unspecified atom stereocenters. The molecule has 1 atom stereocenters. The van der Waals surface area contributed by atoms with Crippen LogP contribution in [0.4, 0.5) is 0 Å². The Balaban J connectivity index is 1.36. The van der Waals surface area contributed by atoms with Gasteiger partial charge in [0.2, 0.25) is 0 Å². The molecule has 0 heteroatoms. The van der Waals surface area contributed by atoms with E-state index in [0.717, 1.165) is 41.4 Å². The van der Waals surface area contributed by atoms with E-state index >= 15 is 0 Å². The van der Waals surface area contributed by atoms with Gasteiger partial charge in [0.1, 0.15) is 0 Å². The van der Waals surface area contributed by atoms with Crippen molar-refractivity contribution in [2.45, 2.75) is 130 Å². The lowest BCUT2D eigenvalue weighted by Gasteiger charge is -2.41. The van der Waals surface area contributed by atoms with Crippen LogP contribution in [0.1, 0.15) is 130 Å². The molecule has 0 aromatic heterocycles. The lowest BCUT2D eigenvalue weighted by Crippen LogP contribution is -2.29. The van der Waals surface area contributed by atoms with Crippen molar-refractivity contribution in [3.05, 3.63) is 12.2 Å². The smallest absolute Gasteiger partial charge is 0.0233 e. The van der Waals surface area contributed by atoms with E-state index in [1.165, 1.54) is 70.6 Å². The molecule has 0 nitrogen and oxygen atoms in total. The minimum absolute atomic E-state index is 0.857. The Bertz CT molecular complexity index is 439. The first kappa shape index (κ1) is 23.4. The zero-order valence-corrected chi connectivity index (χ0v) is 20.2. The highest BCUT2D eigenvalue weighted by atomic mass is 14.4. The van der Waals surface area contributed by atoms with E-state index in [2.05, 4.69) is 32.9 Å². The maximum absolute atomic E-state index is 2.65. The first-order valence-electron chi connectivity index (χ1n) is 13.9. The lowest BCUT2D eigenvalue weighted by molar-refractivity contribution is 0.110. The number of allylic oxidation sites excluding steroid dienone is 2. The molecule has 0 amide bonds. The first-order chi connectivity index (χ1) is 14.2. The molecule has 0 aromatic carbocycles. The SMILES string of the molecule is CCCCC(/C=C/C1CCC(C2CCC(C3CCC(C)CC3)CC2)CC1)CCC. The van der Waals surface area contributed by atoms with E-state index in [0.29, 0.717) is 0 Å². The monoisotopic (exact) mass is 400 g/mol. The normalized spacial score (nSPS) is 37.6. The van der Waals surface area contributed by atoms with Crippen molar-refractivity contribution in [2.24, 2.45) is 41.4 Å². The van der Waals surface area contributed by atoms with Crippen LogP contribution in [0.15, 0.2) is 12.2 Å². The molecule has 0 bridgehead atoms. The third-order valence-electron chi connectivity index (χ3n) is 9.27. The van der Waals surface area contributed by atoms with Crippen LogP contribution in [0.3, 0.4) is 0 Å². The van der Waals surface area contributed by atoms with Crippen LogP contribution in [0.25, 0.3) is 0 Å². The molecule has 0 spiro atoms. The zero-order chi connectivity index (χ0) is 20.5. The molecule has 0 N–H and O–H groups in total. The zero-order valence-electron chi connectivity index (χ0n) is 20.2. The molecule has 0 aliphatic heterocycles. The van der Waals surface area contributed by atoms with Gasteiger partial charge in [-0.2, -0.15) is 0 Å². The first-order valence-corrected chi connectivity index (χ1v) is 13.9. The van der Waals surface area contributed by atoms with Crippen molar-refractivity contribution >= 4 is 0 Å². The van der Waals surface area contributed by atoms with Gasteiger partial charge < -0.3 is 0 Å². The summed E-state index contributed by atoms with van der Waals surface area (Å²) in [5.74, 6) is 7.10. The van der Waals surface area contributed by atoms with Crippen LogP contribution >= 0.6 is 0 Å². The van der Waals surface area contributed by atoms with Crippen LogP contribution in [-0.4, -0.2) is 0 Å². The summed E-state index contributed by atoms with van der Waals surface area (Å²) < 4.78 is 0. The summed E-state index contributed by atoms with van der Waals surface area (Å²) in [6.45, 7) is 7.15. The fourth-order valence-electron chi connectivity index (χ4n) is 7.14. The molecule has 3 aliphatic carbocycles. The Morgan fingerprint density at radius 1 is 0.621 bits per heavy atom. The second-order valence-corrected chi connectivity index (χ2v) is 11.4. The van der Waals surface area contributed by atoms with E-state index < -0.39 is 0 Å². The van der Waals surface area contributed by atoms with E-state index in [1.807, 2.05) is 0 Å². The molecule has 29 heavy (non-hydrogen) atoms. The summed E-state index contributed by atoms with van der Waals surface area (Å²) in [7, 11) is 0. The van der Waals surface area contributed by atoms with Gasteiger partial charge in [0.25, 0.3) is 0 Å². The van der Waals surface area contributed by atoms with Gasteiger partial charge in [-0.05, 0) is 118 Å². The molecule has 0 heterocycles. The summed E-state index contributed by atoms with van der Waals surface area (Å²) in [4.78, 5) is 0. The van der Waals surface area contributed by atoms with Crippen molar-refractivity contribution in [1.82, 2.24) is 0 Å². The van der Waals surface area contributed by atoms with Crippen molar-refractivity contribution < 1.29 is 0 Å². The topological polar surface area (TPSA) is 0 Å². The number of rotatable bonds is 9. The molecular formula is C29H52. The maximum Gasteiger partial charge on any atom is -0.0233 e. The predicted molar refractivity (Wildman–Crippen MR) is 129 cm³/mol. The second-order valence-electron chi connectivity index (χ2n) is 11.4. The third-order valence-corrected chi connectivity index (χ3v) is 9.27. The molecule has 3 rings (SSSR count). The van der Waals surface area contributed by atoms with Crippen molar-refractivity contribution in [2.75, 3.05) is 0 Å². The molecule has 3 saturated carbocycles. The minimum atomic E-state index is 0.857. The Labute approximate surface area is 183 Å². The number of hydrogen-bond acceptors (Lipinski definition) is 0. The molecule has 168 valence electrons. The second kappa shape index (κ2) is 12.6. The molecule has 3 fully saturated rings. The van der Waals surface area contributed by atoms with Gasteiger partial charge in [-0.1, -0.05) is 65.0 Å². The average molecular weight is 401 g/mol. The standard InChI is InChI=1S/C29H52/c1-4-6-8-24(7-5-2)11-12-25-13-17-27(18-14-25)29-21-19-28(20-22-29)26-15-9-23(3)10-16-26/h11-12,23-29H,4-10,13-22H2,1-3H3/b12-11+. The van der Waals surface area contributed by atoms with Crippen molar-refractivity contribution in [3.63, 3.8) is 0 Å². The Kier molecular flexibility index (Phi) is 10.1. The van der Waals surface area contributed by atoms with Crippen LogP contribution in [0, 0.1) is 41.4 Å². The van der Waals surface area contributed by atoms with Crippen LogP contribution < -0.4 is 0 Å². The van der Waals surface area contributed by atoms with Crippen LogP contribution in [0.5, 0.6) is 0 Å². The van der Waals surface area contributed by atoms with Gasteiger partial charge in [-0.15, -0.1) is 0 Å². The lowest BCUT2D eigenvalue weighted by atomic mass is 9.65. The summed E-state index contributed by atoms with van der Waals surface area (Å²) in [5, 5.41) is 0. The van der Waals surface area contributed by atoms with Gasteiger partial charge in [-0.3, -0.25) is 0 Å². The van der Waals surface area contributed by atoms with Crippen molar-refractivity contribution in [3.8, 4) is 0 Å².